The molecule has 4 rings (SSSR count). The van der Waals surface area contributed by atoms with Crippen LogP contribution in [0.1, 0.15) is 119 Å². The second kappa shape index (κ2) is 12.7. The van der Waals surface area contributed by atoms with Crippen molar-refractivity contribution in [2.75, 3.05) is 19.8 Å². The van der Waals surface area contributed by atoms with Crippen LogP contribution in [0.25, 0.3) is 0 Å². The molecule has 3 unspecified atom stereocenters. The fourth-order valence-electron chi connectivity index (χ4n) is 7.89. The van der Waals surface area contributed by atoms with Crippen molar-refractivity contribution in [1.29, 1.82) is 0 Å². The lowest BCUT2D eigenvalue weighted by Gasteiger charge is -2.61. The first-order chi connectivity index (χ1) is 17.4. The molecule has 6 nitrogen and oxygen atoms in total. The van der Waals surface area contributed by atoms with Crippen LogP contribution >= 0.6 is 0 Å². The largest absolute Gasteiger partial charge is 0.412 e. The molecule has 9 heteroatoms. The summed E-state index contributed by atoms with van der Waals surface area (Å²) in [7, 11) is -8.54. The minimum Gasteiger partial charge on any atom is -0.412 e. The Labute approximate surface area is 224 Å². The zero-order valence-corrected chi connectivity index (χ0v) is 27.0. The second-order valence-corrected chi connectivity index (χ2v) is 23.4. The zero-order valence-electron chi connectivity index (χ0n) is 24.0. The fourth-order valence-corrected chi connectivity index (χ4v) is 30.3. The van der Waals surface area contributed by atoms with Gasteiger partial charge in [-0.15, -0.1) is 0 Å². The minimum atomic E-state index is -2.85. The smallest absolute Gasteiger partial charge is 0.353 e. The van der Waals surface area contributed by atoms with Gasteiger partial charge in [-0.3, -0.25) is 0 Å². The molecule has 0 aromatic carbocycles. The van der Waals surface area contributed by atoms with Crippen LogP contribution in [-0.4, -0.2) is 62.7 Å². The fraction of sp³-hybridized carbons (Fsp3) is 1.00. The summed E-state index contributed by atoms with van der Waals surface area (Å²) in [6, 6.07) is 0. The summed E-state index contributed by atoms with van der Waals surface area (Å²) in [6.07, 6.45) is 14.8. The second-order valence-electron chi connectivity index (χ2n) is 11.7. The molecule has 0 bridgehead atoms. The van der Waals surface area contributed by atoms with Crippen LogP contribution in [0.2, 0.25) is 16.6 Å². The molecule has 1 saturated heterocycles. The van der Waals surface area contributed by atoms with E-state index < -0.39 is 25.7 Å². The van der Waals surface area contributed by atoms with Crippen molar-refractivity contribution in [3.63, 3.8) is 0 Å². The van der Waals surface area contributed by atoms with Gasteiger partial charge in [-0.2, -0.15) is 0 Å². The highest BCUT2D eigenvalue weighted by Gasteiger charge is 2.74. The van der Waals surface area contributed by atoms with E-state index in [9.17, 15) is 0 Å². The average Bonchev–Trinajstić information content (AvgIpc) is 3.67. The Kier molecular flexibility index (Phi) is 10.4. The van der Waals surface area contributed by atoms with E-state index in [1.807, 2.05) is 0 Å². The van der Waals surface area contributed by atoms with E-state index >= 15 is 0 Å². The third-order valence-corrected chi connectivity index (χ3v) is 26.4. The molecule has 3 saturated carbocycles. The topological polar surface area (TPSA) is 55.4 Å². The molecule has 4 fully saturated rings. The van der Waals surface area contributed by atoms with Crippen molar-refractivity contribution in [3.05, 3.63) is 0 Å². The van der Waals surface area contributed by atoms with E-state index in [1.54, 1.807) is 0 Å². The molecule has 0 aromatic rings. The Morgan fingerprint density at radius 1 is 0.500 bits per heavy atom. The van der Waals surface area contributed by atoms with E-state index in [1.165, 1.54) is 77.0 Å². The van der Waals surface area contributed by atoms with E-state index in [0.717, 1.165) is 0 Å². The molecule has 0 aromatic heterocycles. The standard InChI is InChI=1S/C27H54O6Si3/c1-7-28-22(4)34(25-16-10-11-17-25)31-35(23(5)29-8-2,26-18-12-13-19-26)33-36(32-34,24(6)30-9-3)27-20-14-15-21-27/h22-27H,7-21H2,1-6H3. The van der Waals surface area contributed by atoms with Gasteiger partial charge in [-0.05, 0) is 80.1 Å². The van der Waals surface area contributed by atoms with E-state index in [-0.39, 0.29) is 17.2 Å². The molecule has 0 radical (unpaired) electrons. The maximum absolute atomic E-state index is 7.76. The normalized spacial score (nSPS) is 37.5. The summed E-state index contributed by atoms with van der Waals surface area (Å²) in [5.74, 6) is 0. The maximum atomic E-state index is 7.76. The first kappa shape index (κ1) is 29.4. The number of hydrogen-bond donors (Lipinski definition) is 0. The lowest BCUT2D eigenvalue weighted by molar-refractivity contribution is 0.0249. The summed E-state index contributed by atoms with van der Waals surface area (Å²) in [5, 5.41) is 0. The summed E-state index contributed by atoms with van der Waals surface area (Å²) in [4.78, 5) is 0. The van der Waals surface area contributed by atoms with Crippen molar-refractivity contribution < 1.29 is 26.6 Å². The Hall–Kier alpha value is 0.411. The first-order valence-electron chi connectivity index (χ1n) is 15.3. The molecule has 0 amide bonds. The summed E-state index contributed by atoms with van der Waals surface area (Å²) >= 11 is 0. The van der Waals surface area contributed by atoms with Crippen LogP contribution in [0.3, 0.4) is 0 Å². The van der Waals surface area contributed by atoms with E-state index in [4.69, 9.17) is 26.6 Å². The third kappa shape index (κ3) is 5.39. The van der Waals surface area contributed by atoms with Gasteiger partial charge in [0.2, 0.25) is 0 Å². The Balaban J connectivity index is 1.92. The molecular formula is C27H54O6Si3. The van der Waals surface area contributed by atoms with E-state index in [2.05, 4.69) is 41.5 Å². The Morgan fingerprint density at radius 3 is 0.917 bits per heavy atom. The molecular weight excluding hydrogens is 505 g/mol. The van der Waals surface area contributed by atoms with Gasteiger partial charge < -0.3 is 26.6 Å². The van der Waals surface area contributed by atoms with Gasteiger partial charge in [0.1, 0.15) is 0 Å². The lowest BCUT2D eigenvalue weighted by Crippen LogP contribution is -2.81. The number of ether oxygens (including phenoxy) is 3. The van der Waals surface area contributed by atoms with Crippen LogP contribution in [0, 0.1) is 0 Å². The zero-order chi connectivity index (χ0) is 25.8. The van der Waals surface area contributed by atoms with Crippen LogP contribution in [0.5, 0.6) is 0 Å². The highest BCUT2D eigenvalue weighted by Crippen LogP contribution is 2.57. The van der Waals surface area contributed by atoms with Crippen molar-refractivity contribution >= 4 is 25.7 Å². The van der Waals surface area contributed by atoms with Gasteiger partial charge in [0.05, 0.1) is 17.2 Å². The van der Waals surface area contributed by atoms with Crippen LogP contribution in [0.4, 0.5) is 0 Å². The molecule has 1 heterocycles. The number of hydrogen-bond acceptors (Lipinski definition) is 6. The van der Waals surface area contributed by atoms with Crippen LogP contribution < -0.4 is 0 Å². The number of rotatable bonds is 12. The van der Waals surface area contributed by atoms with Crippen molar-refractivity contribution in [2.45, 2.75) is 152 Å². The summed E-state index contributed by atoms with van der Waals surface area (Å²) < 4.78 is 42.8. The minimum absolute atomic E-state index is 0.0151. The van der Waals surface area contributed by atoms with Gasteiger partial charge in [0.25, 0.3) is 0 Å². The van der Waals surface area contributed by atoms with Crippen LogP contribution in [-0.2, 0) is 26.6 Å². The first-order valence-corrected chi connectivity index (χ1v) is 21.2. The Morgan fingerprint density at radius 2 is 0.722 bits per heavy atom. The van der Waals surface area contributed by atoms with Gasteiger partial charge >= 0.3 is 25.7 Å². The third-order valence-electron chi connectivity index (χ3n) is 9.68. The molecule has 3 atom stereocenters. The van der Waals surface area contributed by atoms with Gasteiger partial charge in [-0.25, -0.2) is 0 Å². The molecule has 36 heavy (non-hydrogen) atoms. The lowest BCUT2D eigenvalue weighted by atomic mass is 10.4. The maximum Gasteiger partial charge on any atom is 0.353 e. The van der Waals surface area contributed by atoms with Gasteiger partial charge in [0.15, 0.2) is 0 Å². The highest BCUT2D eigenvalue weighted by atomic mass is 28.5. The van der Waals surface area contributed by atoms with Gasteiger partial charge in [-0.1, -0.05) is 38.5 Å². The molecule has 0 N–H and O–H groups in total. The Bertz CT molecular complexity index is 582. The molecule has 1 aliphatic heterocycles. The predicted molar refractivity (Wildman–Crippen MR) is 150 cm³/mol. The van der Waals surface area contributed by atoms with Crippen LogP contribution in [0.15, 0.2) is 0 Å². The highest BCUT2D eigenvalue weighted by molar-refractivity contribution is 6.97. The SMILES string of the molecule is CCOC(C)[Si]1(C2CCCC2)O[Si](C2CCCC2)(C(C)OCC)O[Si](C2CCCC2)(C(C)OCC)O1. The van der Waals surface area contributed by atoms with Gasteiger partial charge in [0, 0.05) is 36.4 Å². The predicted octanol–water partition coefficient (Wildman–Crippen LogP) is 7.10. The quantitative estimate of drug-likeness (QED) is 0.238. The van der Waals surface area contributed by atoms with Crippen molar-refractivity contribution in [3.8, 4) is 0 Å². The average molecular weight is 559 g/mol. The molecule has 0 spiro atoms. The molecule has 210 valence electrons. The monoisotopic (exact) mass is 558 g/mol. The van der Waals surface area contributed by atoms with Crippen molar-refractivity contribution in [2.24, 2.45) is 0 Å². The molecule has 4 aliphatic rings. The molecule has 3 aliphatic carbocycles. The summed E-state index contributed by atoms with van der Waals surface area (Å²) in [6.45, 7) is 15.2. The summed E-state index contributed by atoms with van der Waals surface area (Å²) in [5.41, 5.74) is 1.35. The van der Waals surface area contributed by atoms with Crippen molar-refractivity contribution in [1.82, 2.24) is 0 Å². The van der Waals surface area contributed by atoms with E-state index in [0.29, 0.717) is 36.4 Å².